The zero-order valence-electron chi connectivity index (χ0n) is 11.3. The second-order valence-corrected chi connectivity index (χ2v) is 10.7. The van der Waals surface area contributed by atoms with E-state index in [0.29, 0.717) is 0 Å². The molecule has 15 heavy (non-hydrogen) atoms. The monoisotopic (exact) mass is 230 g/mol. The molecule has 92 valence electrons. The first-order chi connectivity index (χ1) is 7.12. The quantitative estimate of drug-likeness (QED) is 0.390. The maximum absolute atomic E-state index is 5.53. The smallest absolute Gasteiger partial charge is 0.0474 e. The summed E-state index contributed by atoms with van der Waals surface area (Å²) in [4.78, 5) is 0. The van der Waals surface area contributed by atoms with Gasteiger partial charge in [0, 0.05) is 21.3 Å². The van der Waals surface area contributed by atoms with E-state index >= 15 is 0 Å². The van der Waals surface area contributed by atoms with Crippen molar-refractivity contribution in [3.05, 3.63) is 0 Å². The topological polar surface area (TPSA) is 9.23 Å². The number of unbranched alkanes of at least 4 members (excludes halogenated alkanes) is 2. The fraction of sp³-hybridized carbons (Fsp3) is 1.00. The molecule has 0 rings (SSSR count). The molecule has 2 heteroatoms. The fourth-order valence-corrected chi connectivity index (χ4v) is 4.44. The van der Waals surface area contributed by atoms with Crippen LogP contribution in [0.5, 0.6) is 0 Å². The maximum atomic E-state index is 5.53. The summed E-state index contributed by atoms with van der Waals surface area (Å²) < 4.78 is 5.53. The lowest BCUT2D eigenvalue weighted by Crippen LogP contribution is -2.25. The van der Waals surface area contributed by atoms with Crippen LogP contribution < -0.4 is 0 Å². The van der Waals surface area contributed by atoms with E-state index in [1.165, 1.54) is 37.8 Å². The van der Waals surface area contributed by atoms with Gasteiger partial charge >= 0.3 is 0 Å². The maximum Gasteiger partial charge on any atom is 0.0474 e. The highest BCUT2D eigenvalue weighted by Gasteiger charge is 2.18. The number of hydrogen-bond donors (Lipinski definition) is 0. The third kappa shape index (κ3) is 10.5. The van der Waals surface area contributed by atoms with Gasteiger partial charge in [0.2, 0.25) is 0 Å². The Morgan fingerprint density at radius 3 is 2.07 bits per heavy atom. The molecule has 0 amide bonds. The van der Waals surface area contributed by atoms with Crippen molar-refractivity contribution in [3.63, 3.8) is 0 Å². The minimum Gasteiger partial charge on any atom is -0.381 e. The van der Waals surface area contributed by atoms with Gasteiger partial charge in [0.05, 0.1) is 0 Å². The van der Waals surface area contributed by atoms with Crippen LogP contribution in [0.25, 0.3) is 0 Å². The van der Waals surface area contributed by atoms with E-state index in [2.05, 4.69) is 26.9 Å². The third-order valence-electron chi connectivity index (χ3n) is 2.95. The van der Waals surface area contributed by atoms with Crippen molar-refractivity contribution in [2.24, 2.45) is 0 Å². The molecule has 0 saturated carbocycles. The molecular formula is C13H30OSi. The van der Waals surface area contributed by atoms with Crippen molar-refractivity contribution in [1.29, 1.82) is 0 Å². The predicted molar refractivity (Wildman–Crippen MR) is 72.3 cm³/mol. The lowest BCUT2D eigenvalue weighted by atomic mass is 10.3. The lowest BCUT2D eigenvalue weighted by Gasteiger charge is -2.22. The van der Waals surface area contributed by atoms with Gasteiger partial charge in [0.1, 0.15) is 0 Å². The molecule has 0 aliphatic heterocycles. The number of hydrogen-bond acceptors (Lipinski definition) is 1. The highest BCUT2D eigenvalue weighted by molar-refractivity contribution is 6.77. The normalized spacial score (nSPS) is 12.0. The minimum atomic E-state index is -0.881. The van der Waals surface area contributed by atoms with E-state index in [0.717, 1.165) is 19.6 Å². The standard InChI is InChI=1S/C13H30OSi/c1-5-7-8-12-15(3,4)13-9-11-14-10-6-2/h5-13H2,1-4H3. The average Bonchev–Trinajstić information content (AvgIpc) is 2.17. The van der Waals surface area contributed by atoms with Crippen LogP contribution in [0.2, 0.25) is 25.2 Å². The average molecular weight is 230 g/mol. The van der Waals surface area contributed by atoms with Crippen LogP contribution in [-0.4, -0.2) is 21.3 Å². The summed E-state index contributed by atoms with van der Waals surface area (Å²) in [7, 11) is -0.881. The Kier molecular flexibility index (Phi) is 9.52. The fourth-order valence-electron chi connectivity index (χ4n) is 1.88. The first kappa shape index (κ1) is 15.2. The number of ether oxygens (including phenoxy) is 1. The van der Waals surface area contributed by atoms with E-state index in [1.807, 2.05) is 0 Å². The van der Waals surface area contributed by atoms with Crippen LogP contribution in [0.4, 0.5) is 0 Å². The zero-order valence-corrected chi connectivity index (χ0v) is 12.3. The summed E-state index contributed by atoms with van der Waals surface area (Å²) in [5.41, 5.74) is 0. The SMILES string of the molecule is CCCCC[Si](C)(C)CCCOCCC. The molecule has 0 saturated heterocycles. The van der Waals surface area contributed by atoms with Crippen LogP contribution in [-0.2, 0) is 4.74 Å². The van der Waals surface area contributed by atoms with Crippen molar-refractivity contribution in [2.75, 3.05) is 13.2 Å². The van der Waals surface area contributed by atoms with Crippen molar-refractivity contribution >= 4 is 8.07 Å². The molecule has 0 heterocycles. The second-order valence-electron chi connectivity index (χ2n) is 5.34. The van der Waals surface area contributed by atoms with Crippen molar-refractivity contribution < 1.29 is 4.74 Å². The van der Waals surface area contributed by atoms with Gasteiger partial charge in [-0.05, 0) is 12.8 Å². The first-order valence-corrected chi connectivity index (χ1v) is 10.1. The Hall–Kier alpha value is 0.177. The van der Waals surface area contributed by atoms with E-state index in [-0.39, 0.29) is 0 Å². The Balaban J connectivity index is 3.38. The molecule has 0 aromatic carbocycles. The molecule has 0 radical (unpaired) electrons. The molecule has 0 atom stereocenters. The summed E-state index contributed by atoms with van der Waals surface area (Å²) in [6.07, 6.45) is 6.65. The summed E-state index contributed by atoms with van der Waals surface area (Å²) in [5, 5.41) is 0. The zero-order chi connectivity index (χ0) is 11.6. The summed E-state index contributed by atoms with van der Waals surface area (Å²) in [5.74, 6) is 0. The molecule has 0 bridgehead atoms. The van der Waals surface area contributed by atoms with E-state index < -0.39 is 8.07 Å². The molecule has 0 fully saturated rings. The summed E-state index contributed by atoms with van der Waals surface area (Å²) in [6.45, 7) is 11.4. The molecule has 0 aliphatic carbocycles. The van der Waals surface area contributed by atoms with Gasteiger partial charge in [0.15, 0.2) is 0 Å². The van der Waals surface area contributed by atoms with Gasteiger partial charge in [-0.2, -0.15) is 0 Å². The molecule has 0 aliphatic rings. The van der Waals surface area contributed by atoms with Gasteiger partial charge in [-0.25, -0.2) is 0 Å². The molecule has 0 N–H and O–H groups in total. The van der Waals surface area contributed by atoms with Gasteiger partial charge < -0.3 is 4.74 Å². The molecule has 0 aromatic heterocycles. The van der Waals surface area contributed by atoms with Gasteiger partial charge in [-0.1, -0.05) is 58.3 Å². The molecular weight excluding hydrogens is 200 g/mol. The largest absolute Gasteiger partial charge is 0.381 e. The summed E-state index contributed by atoms with van der Waals surface area (Å²) >= 11 is 0. The third-order valence-corrected chi connectivity index (χ3v) is 6.36. The Labute approximate surface area is 97.6 Å². The highest BCUT2D eigenvalue weighted by Crippen LogP contribution is 2.20. The van der Waals surface area contributed by atoms with Crippen LogP contribution in [0.15, 0.2) is 0 Å². The Morgan fingerprint density at radius 2 is 1.47 bits per heavy atom. The Bertz CT molecular complexity index is 134. The van der Waals surface area contributed by atoms with E-state index in [4.69, 9.17) is 4.74 Å². The van der Waals surface area contributed by atoms with Crippen LogP contribution in [0, 0.1) is 0 Å². The van der Waals surface area contributed by atoms with E-state index in [1.54, 1.807) is 0 Å². The molecule has 0 spiro atoms. The molecule has 1 nitrogen and oxygen atoms in total. The first-order valence-electron chi connectivity index (χ1n) is 6.70. The lowest BCUT2D eigenvalue weighted by molar-refractivity contribution is 0.135. The van der Waals surface area contributed by atoms with Crippen molar-refractivity contribution in [2.45, 2.75) is 71.1 Å². The highest BCUT2D eigenvalue weighted by atomic mass is 28.3. The van der Waals surface area contributed by atoms with Gasteiger partial charge in [-0.3, -0.25) is 0 Å². The van der Waals surface area contributed by atoms with Gasteiger partial charge in [0.25, 0.3) is 0 Å². The number of rotatable bonds is 10. The minimum absolute atomic E-state index is 0.881. The van der Waals surface area contributed by atoms with Crippen molar-refractivity contribution in [3.8, 4) is 0 Å². The Morgan fingerprint density at radius 1 is 0.800 bits per heavy atom. The van der Waals surface area contributed by atoms with Crippen LogP contribution >= 0.6 is 0 Å². The second kappa shape index (κ2) is 9.41. The van der Waals surface area contributed by atoms with E-state index in [9.17, 15) is 0 Å². The molecule has 0 unspecified atom stereocenters. The van der Waals surface area contributed by atoms with Gasteiger partial charge in [-0.15, -0.1) is 0 Å². The van der Waals surface area contributed by atoms with Crippen molar-refractivity contribution in [1.82, 2.24) is 0 Å². The predicted octanol–water partition coefficient (Wildman–Crippen LogP) is 4.70. The van der Waals surface area contributed by atoms with Crippen LogP contribution in [0.1, 0.15) is 46.0 Å². The molecule has 0 aromatic rings. The van der Waals surface area contributed by atoms with Crippen LogP contribution in [0.3, 0.4) is 0 Å². The summed E-state index contributed by atoms with van der Waals surface area (Å²) in [6, 6.07) is 2.95.